The molecule has 1 aliphatic heterocycles. The quantitative estimate of drug-likeness (QED) is 0.460. The molecule has 0 bridgehead atoms. The molecule has 6 nitrogen and oxygen atoms in total. The van der Waals surface area contributed by atoms with E-state index in [0.29, 0.717) is 13.0 Å². The van der Waals surface area contributed by atoms with Crippen molar-refractivity contribution in [2.75, 3.05) is 34.2 Å². The summed E-state index contributed by atoms with van der Waals surface area (Å²) >= 11 is 0. The first-order valence-electron chi connectivity index (χ1n) is 4.73. The second-order valence-corrected chi connectivity index (χ2v) is 3.76. The fourth-order valence-corrected chi connectivity index (χ4v) is 1.36. The van der Waals surface area contributed by atoms with Crippen molar-refractivity contribution in [1.29, 1.82) is 0 Å². The van der Waals surface area contributed by atoms with Gasteiger partial charge in [-0.3, -0.25) is 19.4 Å². The van der Waals surface area contributed by atoms with E-state index in [4.69, 9.17) is 0 Å². The summed E-state index contributed by atoms with van der Waals surface area (Å²) in [5.74, 6) is -1.47. The molecule has 0 aromatic rings. The zero-order valence-electron chi connectivity index (χ0n) is 9.19. The first kappa shape index (κ1) is 11.6. The van der Waals surface area contributed by atoms with Crippen LogP contribution in [0, 0.1) is 0 Å². The van der Waals surface area contributed by atoms with Crippen molar-refractivity contribution in [3.05, 3.63) is 0 Å². The molecule has 6 heteroatoms. The fraction of sp³-hybridized carbons (Fsp3) is 0.667. The average Bonchev–Trinajstić information content (AvgIpc) is 2.34. The minimum absolute atomic E-state index is 0.298. The maximum Gasteiger partial charge on any atom is 0.333 e. The van der Waals surface area contributed by atoms with Crippen LogP contribution in [0.25, 0.3) is 0 Å². The van der Waals surface area contributed by atoms with Crippen LogP contribution in [0.1, 0.15) is 6.42 Å². The topological polar surface area (TPSA) is 60.9 Å². The molecular weight excluding hydrogens is 198 g/mol. The Labute approximate surface area is 88.4 Å². The third-order valence-electron chi connectivity index (χ3n) is 2.24. The van der Waals surface area contributed by atoms with Crippen molar-refractivity contribution < 1.29 is 14.4 Å². The highest BCUT2D eigenvalue weighted by atomic mass is 16.2. The summed E-state index contributed by atoms with van der Waals surface area (Å²) in [7, 11) is 5.13. The van der Waals surface area contributed by atoms with Crippen LogP contribution in [0.5, 0.6) is 0 Å². The Morgan fingerprint density at radius 2 is 1.73 bits per heavy atom. The number of hydrogen-bond donors (Lipinski definition) is 0. The van der Waals surface area contributed by atoms with Gasteiger partial charge in [0.1, 0.15) is 0 Å². The molecule has 84 valence electrons. The second-order valence-electron chi connectivity index (χ2n) is 3.76. The number of urea groups is 1. The predicted octanol–water partition coefficient (Wildman–Crippen LogP) is -0.641. The summed E-state index contributed by atoms with van der Waals surface area (Å²) in [6.07, 6.45) is 0.672. The molecule has 1 fully saturated rings. The number of rotatable bonds is 4. The zero-order chi connectivity index (χ0) is 11.6. The number of carbonyl (C=O) groups excluding carboxylic acids is 3. The monoisotopic (exact) mass is 213 g/mol. The minimum Gasteiger partial charge on any atom is -0.309 e. The number of amides is 4. The van der Waals surface area contributed by atoms with E-state index in [1.165, 1.54) is 7.05 Å². The lowest BCUT2D eigenvalue weighted by Crippen LogP contribution is -2.33. The molecule has 1 saturated heterocycles. The normalized spacial score (nSPS) is 17.2. The standard InChI is InChI=1S/C9H15N3O3/c1-10(2)5-4-6-12-8(14)7(13)11(3)9(12)15/h4-6H2,1-3H3. The van der Waals surface area contributed by atoms with E-state index in [1.54, 1.807) is 0 Å². The number of likely N-dealkylation sites (N-methyl/N-ethyl adjacent to an activating group) is 1. The zero-order valence-corrected chi connectivity index (χ0v) is 9.19. The number of carbonyl (C=O) groups is 3. The van der Waals surface area contributed by atoms with Crippen molar-refractivity contribution in [3.63, 3.8) is 0 Å². The van der Waals surface area contributed by atoms with E-state index in [0.717, 1.165) is 16.3 Å². The lowest BCUT2D eigenvalue weighted by Gasteiger charge is -2.14. The molecule has 1 rings (SSSR count). The summed E-state index contributed by atoms with van der Waals surface area (Å²) in [6.45, 7) is 1.07. The molecule has 15 heavy (non-hydrogen) atoms. The molecule has 4 amide bonds. The van der Waals surface area contributed by atoms with Gasteiger partial charge in [0.2, 0.25) is 0 Å². The Bertz CT molecular complexity index is 301. The largest absolute Gasteiger partial charge is 0.333 e. The third-order valence-corrected chi connectivity index (χ3v) is 2.24. The Kier molecular flexibility index (Phi) is 3.41. The first-order valence-corrected chi connectivity index (χ1v) is 4.73. The highest BCUT2D eigenvalue weighted by Crippen LogP contribution is 2.09. The molecule has 0 N–H and O–H groups in total. The van der Waals surface area contributed by atoms with Gasteiger partial charge >= 0.3 is 17.8 Å². The van der Waals surface area contributed by atoms with Crippen LogP contribution in [0.15, 0.2) is 0 Å². The van der Waals surface area contributed by atoms with Crippen LogP contribution in [0.4, 0.5) is 4.79 Å². The van der Waals surface area contributed by atoms with Gasteiger partial charge in [-0.15, -0.1) is 0 Å². The van der Waals surface area contributed by atoms with Crippen LogP contribution in [0.2, 0.25) is 0 Å². The summed E-state index contributed by atoms with van der Waals surface area (Å²) < 4.78 is 0. The van der Waals surface area contributed by atoms with Crippen LogP contribution in [-0.4, -0.2) is 66.8 Å². The number of nitrogens with zero attached hydrogens (tertiary/aromatic N) is 3. The van der Waals surface area contributed by atoms with Crippen LogP contribution in [-0.2, 0) is 9.59 Å². The van der Waals surface area contributed by atoms with Crippen LogP contribution in [0.3, 0.4) is 0 Å². The lowest BCUT2D eigenvalue weighted by atomic mass is 10.3. The van der Waals surface area contributed by atoms with Gasteiger partial charge in [-0.25, -0.2) is 4.79 Å². The second kappa shape index (κ2) is 4.39. The van der Waals surface area contributed by atoms with Crippen LogP contribution >= 0.6 is 0 Å². The van der Waals surface area contributed by atoms with E-state index in [9.17, 15) is 14.4 Å². The Morgan fingerprint density at radius 1 is 1.13 bits per heavy atom. The van der Waals surface area contributed by atoms with Crippen molar-refractivity contribution in [2.45, 2.75) is 6.42 Å². The van der Waals surface area contributed by atoms with E-state index >= 15 is 0 Å². The van der Waals surface area contributed by atoms with Gasteiger partial charge in [-0.05, 0) is 27.1 Å². The summed E-state index contributed by atoms with van der Waals surface area (Å²) in [5, 5.41) is 0. The molecule has 0 unspecified atom stereocenters. The van der Waals surface area contributed by atoms with Crippen molar-refractivity contribution >= 4 is 17.8 Å². The van der Waals surface area contributed by atoms with E-state index < -0.39 is 17.8 Å². The molecular formula is C9H15N3O3. The van der Waals surface area contributed by atoms with Gasteiger partial charge in [-0.1, -0.05) is 0 Å². The highest BCUT2D eigenvalue weighted by Gasteiger charge is 2.41. The Morgan fingerprint density at radius 3 is 2.13 bits per heavy atom. The first-order chi connectivity index (χ1) is 6.95. The number of imide groups is 2. The van der Waals surface area contributed by atoms with E-state index in [1.807, 2.05) is 19.0 Å². The molecule has 0 spiro atoms. The van der Waals surface area contributed by atoms with Gasteiger partial charge < -0.3 is 4.90 Å². The highest BCUT2D eigenvalue weighted by molar-refractivity contribution is 6.44. The van der Waals surface area contributed by atoms with E-state index in [-0.39, 0.29) is 0 Å². The van der Waals surface area contributed by atoms with Crippen molar-refractivity contribution in [1.82, 2.24) is 14.7 Å². The van der Waals surface area contributed by atoms with Crippen LogP contribution < -0.4 is 0 Å². The third kappa shape index (κ3) is 2.33. The Hall–Kier alpha value is -1.43. The number of hydrogen-bond acceptors (Lipinski definition) is 4. The van der Waals surface area contributed by atoms with Crippen molar-refractivity contribution in [2.24, 2.45) is 0 Å². The van der Waals surface area contributed by atoms with Gasteiger partial charge in [0.05, 0.1) is 0 Å². The molecule has 0 saturated carbocycles. The van der Waals surface area contributed by atoms with E-state index in [2.05, 4.69) is 0 Å². The molecule has 1 aliphatic rings. The van der Waals surface area contributed by atoms with Gasteiger partial charge in [0, 0.05) is 13.6 Å². The summed E-state index contributed by atoms with van der Waals surface area (Å²) in [4.78, 5) is 37.6. The van der Waals surface area contributed by atoms with Gasteiger partial charge in [0.25, 0.3) is 0 Å². The van der Waals surface area contributed by atoms with Crippen molar-refractivity contribution in [3.8, 4) is 0 Å². The molecule has 1 heterocycles. The summed E-state index contributed by atoms with van der Waals surface area (Å²) in [5.41, 5.74) is 0. The molecule has 0 aromatic carbocycles. The molecule has 0 aromatic heterocycles. The maximum atomic E-state index is 11.4. The fourth-order valence-electron chi connectivity index (χ4n) is 1.36. The Balaban J connectivity index is 2.52. The molecule has 0 radical (unpaired) electrons. The smallest absolute Gasteiger partial charge is 0.309 e. The maximum absolute atomic E-state index is 11.4. The lowest BCUT2D eigenvalue weighted by molar-refractivity contribution is -0.142. The summed E-state index contributed by atoms with van der Waals surface area (Å²) in [6, 6.07) is -0.524. The minimum atomic E-state index is -0.746. The average molecular weight is 213 g/mol. The SMILES string of the molecule is CN(C)CCCN1C(=O)C(=O)N(C)C1=O. The molecule has 0 atom stereocenters. The van der Waals surface area contributed by atoms with Gasteiger partial charge in [0.15, 0.2) is 0 Å². The van der Waals surface area contributed by atoms with Gasteiger partial charge in [-0.2, -0.15) is 0 Å². The molecule has 0 aliphatic carbocycles. The predicted molar refractivity (Wildman–Crippen MR) is 53.1 cm³/mol.